The molecule has 210 valence electrons. The molecule has 5 aliphatic rings. The quantitative estimate of drug-likeness (QED) is 0.163. The third-order valence-corrected chi connectivity index (χ3v) is 13.0. The summed E-state index contributed by atoms with van der Waals surface area (Å²) < 4.78 is 2.77. The summed E-state index contributed by atoms with van der Waals surface area (Å²) in [7, 11) is 0. The average Bonchev–Trinajstić information content (AvgIpc) is 3.78. The van der Waals surface area contributed by atoms with Crippen molar-refractivity contribution in [1.29, 1.82) is 0 Å². The smallest absolute Gasteiger partial charge is 0.333 e. The van der Waals surface area contributed by atoms with Crippen molar-refractivity contribution in [2.75, 3.05) is 4.90 Å². The van der Waals surface area contributed by atoms with Crippen LogP contribution in [0.3, 0.4) is 0 Å². The Kier molecular flexibility index (Phi) is 3.99. The molecule has 0 amide bonds. The van der Waals surface area contributed by atoms with E-state index in [0.717, 1.165) is 0 Å². The maximum Gasteiger partial charge on any atom is 0.333 e. The lowest BCUT2D eigenvalue weighted by atomic mass is 9.44. The van der Waals surface area contributed by atoms with Gasteiger partial charge in [-0.05, 0) is 61.6 Å². The molecule has 45 heavy (non-hydrogen) atoms. The van der Waals surface area contributed by atoms with Crippen molar-refractivity contribution in [1.82, 2.24) is 4.48 Å². The molecule has 0 spiro atoms. The van der Waals surface area contributed by atoms with Crippen molar-refractivity contribution in [3.63, 3.8) is 0 Å². The second kappa shape index (κ2) is 7.58. The molecule has 4 aliphatic heterocycles. The van der Waals surface area contributed by atoms with E-state index in [-0.39, 0.29) is 12.3 Å². The maximum absolute atomic E-state index is 2.77. The molecule has 1 aromatic heterocycles. The number of hydrogen-bond acceptors (Lipinski definition) is 2. The summed E-state index contributed by atoms with van der Waals surface area (Å²) >= 11 is 2.06. The van der Waals surface area contributed by atoms with E-state index in [1.165, 1.54) is 93.5 Å². The monoisotopic (exact) mass is 590 g/mol. The Morgan fingerprint density at radius 2 is 1.49 bits per heavy atom. The third-order valence-electron chi connectivity index (χ3n) is 11.6. The lowest BCUT2D eigenvalue weighted by Crippen LogP contribution is -2.57. The fourth-order valence-electron chi connectivity index (χ4n) is 10.1. The molecular weight excluding hydrogens is 563 g/mol. The molecule has 2 atom stereocenters. The summed E-state index contributed by atoms with van der Waals surface area (Å²) in [5.74, 6) is 0. The Balaban J connectivity index is 1.29. The van der Waals surface area contributed by atoms with E-state index in [1.807, 2.05) is 0 Å². The number of anilines is 2. The Morgan fingerprint density at radius 1 is 0.733 bits per heavy atom. The Hall–Kier alpha value is -4.67. The second-order valence-electron chi connectivity index (χ2n) is 14.0. The second-order valence-corrected chi connectivity index (χ2v) is 15.1. The van der Waals surface area contributed by atoms with Crippen LogP contribution in [0.15, 0.2) is 120 Å². The number of fused-ring (bicyclic) bond motifs is 16. The highest BCUT2D eigenvalue weighted by Crippen LogP contribution is 2.65. The number of para-hydroxylation sites is 2. The Bertz CT molecular complexity index is 2540. The van der Waals surface area contributed by atoms with Crippen molar-refractivity contribution in [2.45, 2.75) is 35.4 Å². The fourth-order valence-corrected chi connectivity index (χ4v) is 11.5. The molecule has 2 nitrogen and oxygen atoms in total. The van der Waals surface area contributed by atoms with Gasteiger partial charge in [0.2, 0.25) is 0 Å². The first kappa shape index (κ1) is 23.7. The Morgan fingerprint density at radius 3 is 2.44 bits per heavy atom. The van der Waals surface area contributed by atoms with Crippen molar-refractivity contribution in [3.8, 4) is 22.4 Å². The molecule has 4 heteroatoms. The van der Waals surface area contributed by atoms with Crippen LogP contribution in [0.4, 0.5) is 11.4 Å². The third kappa shape index (κ3) is 2.49. The van der Waals surface area contributed by atoms with E-state index in [9.17, 15) is 0 Å². The van der Waals surface area contributed by atoms with E-state index < -0.39 is 0 Å². The lowest BCUT2D eigenvalue weighted by Gasteiger charge is -2.41. The fraction of sp³-hybridized carbons (Fsp3) is 0.122. The van der Waals surface area contributed by atoms with Gasteiger partial charge in [-0.25, -0.2) is 0 Å². The molecule has 5 heterocycles. The summed E-state index contributed by atoms with van der Waals surface area (Å²) in [5.41, 5.74) is 18.5. The number of benzene rings is 6. The standard InChI is InChI=1S/C41H27BN2S/c1-41(2)29-18-7-5-13-24(29)38-34(41)27-16-9-15-26-33-23-12-4-3-11-22(23)21-31-35(33)42(44(38)36(26)27)30-19-10-17-28-37(30)43(31)39-25-14-6-8-20-32(25)45-40(28)39/h3-21,39-40H,1-2H3. The van der Waals surface area contributed by atoms with E-state index >= 15 is 0 Å². The Labute approximate surface area is 266 Å². The predicted octanol–water partition coefficient (Wildman–Crippen LogP) is 9.09. The molecule has 0 bridgehead atoms. The zero-order valence-electron chi connectivity index (χ0n) is 25.0. The maximum atomic E-state index is 2.77. The van der Waals surface area contributed by atoms with Gasteiger partial charge in [0.1, 0.15) is 0 Å². The number of hydrogen-bond donors (Lipinski definition) is 0. The van der Waals surface area contributed by atoms with E-state index in [0.29, 0.717) is 11.3 Å². The van der Waals surface area contributed by atoms with Crippen molar-refractivity contribution < 1.29 is 0 Å². The summed E-state index contributed by atoms with van der Waals surface area (Å²) in [4.78, 5) is 4.18. The van der Waals surface area contributed by atoms with Crippen LogP contribution >= 0.6 is 11.8 Å². The topological polar surface area (TPSA) is 8.17 Å². The number of aromatic nitrogens is 1. The summed E-state index contributed by atoms with van der Waals surface area (Å²) in [6.07, 6.45) is 0. The van der Waals surface area contributed by atoms with Gasteiger partial charge in [-0.15, -0.1) is 11.8 Å². The molecule has 6 aromatic carbocycles. The molecule has 2 unspecified atom stereocenters. The van der Waals surface area contributed by atoms with Gasteiger partial charge in [-0.2, -0.15) is 0 Å². The molecule has 0 N–H and O–H groups in total. The first-order chi connectivity index (χ1) is 22.1. The molecule has 0 fully saturated rings. The van der Waals surface area contributed by atoms with E-state index in [2.05, 4.69) is 150 Å². The van der Waals surface area contributed by atoms with Crippen LogP contribution in [0.2, 0.25) is 0 Å². The van der Waals surface area contributed by atoms with Gasteiger partial charge in [-0.3, -0.25) is 0 Å². The SMILES string of the molecule is CC1(C)c2ccccc2-c2c1c1cccc3c1n2B1c2cccc4c2N(c2cc5ccccc5c-3c21)C1c2ccccc2SC41. The van der Waals surface area contributed by atoms with Gasteiger partial charge in [-0.1, -0.05) is 117 Å². The molecular formula is C41H27BN2S. The molecule has 12 rings (SSSR count). The van der Waals surface area contributed by atoms with Crippen molar-refractivity contribution in [2.24, 2.45) is 0 Å². The van der Waals surface area contributed by atoms with Gasteiger partial charge in [0.25, 0.3) is 0 Å². The summed E-state index contributed by atoms with van der Waals surface area (Å²) in [6.45, 7) is 4.96. The van der Waals surface area contributed by atoms with Gasteiger partial charge in [0.15, 0.2) is 0 Å². The minimum Gasteiger partial charge on any atom is -0.375 e. The average molecular weight is 591 g/mol. The highest BCUT2D eigenvalue weighted by molar-refractivity contribution is 8.00. The summed E-state index contributed by atoms with van der Waals surface area (Å²) in [6, 6.07) is 44.5. The zero-order chi connectivity index (χ0) is 29.3. The van der Waals surface area contributed by atoms with Gasteiger partial charge in [0, 0.05) is 49.4 Å². The molecule has 1 aliphatic carbocycles. The van der Waals surface area contributed by atoms with E-state index in [1.54, 1.807) is 0 Å². The van der Waals surface area contributed by atoms with Crippen molar-refractivity contribution >= 4 is 62.6 Å². The van der Waals surface area contributed by atoms with Crippen LogP contribution < -0.4 is 15.8 Å². The molecule has 0 radical (unpaired) electrons. The van der Waals surface area contributed by atoms with E-state index in [4.69, 9.17) is 0 Å². The highest BCUT2D eigenvalue weighted by atomic mass is 32.2. The lowest BCUT2D eigenvalue weighted by molar-refractivity contribution is 0.666. The van der Waals surface area contributed by atoms with Crippen molar-refractivity contribution in [3.05, 3.63) is 138 Å². The van der Waals surface area contributed by atoms with Gasteiger partial charge < -0.3 is 9.38 Å². The largest absolute Gasteiger partial charge is 0.375 e. The first-order valence-electron chi connectivity index (χ1n) is 16.1. The van der Waals surface area contributed by atoms with Crippen LogP contribution in [0.25, 0.3) is 44.1 Å². The number of thioether (sulfide) groups is 1. The van der Waals surface area contributed by atoms with Crippen LogP contribution in [0, 0.1) is 0 Å². The minimum absolute atomic E-state index is 0.0772. The molecule has 0 saturated carbocycles. The molecule has 7 aromatic rings. The predicted molar refractivity (Wildman–Crippen MR) is 189 cm³/mol. The molecule has 0 saturated heterocycles. The number of rotatable bonds is 0. The van der Waals surface area contributed by atoms with Gasteiger partial charge in [0.05, 0.1) is 11.3 Å². The van der Waals surface area contributed by atoms with Gasteiger partial charge >= 0.3 is 6.85 Å². The normalized spacial score (nSPS) is 19.8. The van der Waals surface area contributed by atoms with Crippen LogP contribution in [0.1, 0.15) is 47.4 Å². The number of nitrogens with zero attached hydrogens (tertiary/aromatic N) is 2. The summed E-state index contributed by atoms with van der Waals surface area (Å²) in [5, 5.41) is 4.47. The highest BCUT2D eigenvalue weighted by Gasteiger charge is 2.54. The van der Waals surface area contributed by atoms with Crippen LogP contribution in [0.5, 0.6) is 0 Å². The zero-order valence-corrected chi connectivity index (χ0v) is 25.8. The van der Waals surface area contributed by atoms with Crippen LogP contribution in [-0.2, 0) is 5.41 Å². The first-order valence-corrected chi connectivity index (χ1v) is 17.0. The van der Waals surface area contributed by atoms with Crippen LogP contribution in [-0.4, -0.2) is 11.3 Å². The minimum atomic E-state index is -0.0772.